The summed E-state index contributed by atoms with van der Waals surface area (Å²) in [6.45, 7) is 1.70. The van der Waals surface area contributed by atoms with Crippen molar-refractivity contribution in [3.8, 4) is 0 Å². The van der Waals surface area contributed by atoms with Crippen LogP contribution in [0.4, 0.5) is 23.7 Å². The Balaban J connectivity index is 3.10. The molecule has 0 heterocycles. The molecule has 0 unspecified atom stereocenters. The zero-order chi connectivity index (χ0) is 20.1. The number of carbonyl (C=O) groups excluding carboxylic acids is 2. The monoisotopic (exact) mass is 414 g/mol. The van der Waals surface area contributed by atoms with E-state index in [-0.39, 0.29) is 10.9 Å². The van der Waals surface area contributed by atoms with E-state index in [1.165, 1.54) is 7.05 Å². The predicted octanol–water partition coefficient (Wildman–Crippen LogP) is 4.39. The van der Waals surface area contributed by atoms with E-state index in [4.69, 9.17) is 23.2 Å². The van der Waals surface area contributed by atoms with Gasteiger partial charge in [-0.05, 0) is 17.7 Å². The highest BCUT2D eigenvalue weighted by Gasteiger charge is 2.61. The Labute approximate surface area is 157 Å². The number of rotatable bonds is 5. The van der Waals surface area contributed by atoms with Crippen LogP contribution in [0.5, 0.6) is 0 Å². The first-order chi connectivity index (χ1) is 12.0. The second-order valence-corrected chi connectivity index (χ2v) is 5.94. The Morgan fingerprint density at radius 1 is 1.23 bits per heavy atom. The Bertz CT molecular complexity index is 695. The van der Waals surface area contributed by atoms with Crippen molar-refractivity contribution in [2.75, 3.05) is 19.1 Å². The third-order valence-electron chi connectivity index (χ3n) is 3.30. The number of carbonyl (C=O) groups is 2. The first-order valence-electron chi connectivity index (χ1n) is 7.10. The van der Waals surface area contributed by atoms with Crippen molar-refractivity contribution in [3.05, 3.63) is 29.8 Å². The summed E-state index contributed by atoms with van der Waals surface area (Å²) in [5, 5.41) is 3.44. The van der Waals surface area contributed by atoms with Gasteiger partial charge in [-0.2, -0.15) is 13.2 Å². The second-order valence-electron chi connectivity index (χ2n) is 4.93. The standard InChI is InChI=1S/C15H15Cl2F3N2O4/c1-4-11(16)21-26-13(24)22(2)10-7-5-9(6-8-10)14(17,12(23)25-3)15(18,19)20/h5-8H,4H2,1-3H3/t14-/m0/s1. The van der Waals surface area contributed by atoms with E-state index in [1.807, 2.05) is 0 Å². The maximum Gasteiger partial charge on any atom is 0.440 e. The van der Waals surface area contributed by atoms with Crippen molar-refractivity contribution in [1.29, 1.82) is 0 Å². The summed E-state index contributed by atoms with van der Waals surface area (Å²) >= 11 is 11.2. The van der Waals surface area contributed by atoms with Gasteiger partial charge in [0.25, 0.3) is 4.87 Å². The van der Waals surface area contributed by atoms with E-state index in [2.05, 4.69) is 14.7 Å². The number of amides is 1. The molecular weight excluding hydrogens is 400 g/mol. The Morgan fingerprint density at radius 2 is 1.77 bits per heavy atom. The normalized spacial score (nSPS) is 14.4. The van der Waals surface area contributed by atoms with Crippen LogP contribution in [-0.4, -0.2) is 37.6 Å². The molecule has 1 aromatic rings. The molecule has 0 N–H and O–H groups in total. The molecule has 0 fully saturated rings. The fourth-order valence-electron chi connectivity index (χ4n) is 1.77. The van der Waals surface area contributed by atoms with Crippen LogP contribution in [0.15, 0.2) is 29.4 Å². The van der Waals surface area contributed by atoms with E-state index in [9.17, 15) is 22.8 Å². The average Bonchev–Trinajstić information content (AvgIpc) is 2.62. The number of esters is 1. The lowest BCUT2D eigenvalue weighted by molar-refractivity contribution is -0.189. The van der Waals surface area contributed by atoms with Gasteiger partial charge in [0.1, 0.15) is 5.17 Å². The van der Waals surface area contributed by atoms with Crippen LogP contribution in [0.2, 0.25) is 0 Å². The minimum absolute atomic E-state index is 0.0669. The van der Waals surface area contributed by atoms with Crippen molar-refractivity contribution in [1.82, 2.24) is 0 Å². The fourth-order valence-corrected chi connectivity index (χ4v) is 2.01. The Hall–Kier alpha value is -2.00. The largest absolute Gasteiger partial charge is 0.467 e. The van der Waals surface area contributed by atoms with Crippen molar-refractivity contribution in [2.24, 2.45) is 5.16 Å². The molecule has 0 aliphatic heterocycles. The summed E-state index contributed by atoms with van der Waals surface area (Å²) in [6.07, 6.45) is -5.65. The molecule has 0 radical (unpaired) electrons. The molecule has 0 aliphatic rings. The van der Waals surface area contributed by atoms with Crippen molar-refractivity contribution in [2.45, 2.75) is 24.4 Å². The van der Waals surface area contributed by atoms with Gasteiger partial charge in [-0.25, -0.2) is 9.59 Å². The topological polar surface area (TPSA) is 68.2 Å². The lowest BCUT2D eigenvalue weighted by atomic mass is 9.97. The number of nitrogens with zero attached hydrogens (tertiary/aromatic N) is 2. The van der Waals surface area contributed by atoms with Gasteiger partial charge in [0.05, 0.1) is 7.11 Å². The Morgan fingerprint density at radius 3 is 2.19 bits per heavy atom. The maximum atomic E-state index is 13.3. The average molecular weight is 415 g/mol. The minimum atomic E-state index is -5.10. The number of oxime groups is 1. The number of hydrogen-bond acceptors (Lipinski definition) is 5. The summed E-state index contributed by atoms with van der Waals surface area (Å²) in [4.78, 5) is 25.6. The minimum Gasteiger partial charge on any atom is -0.467 e. The van der Waals surface area contributed by atoms with Crippen LogP contribution >= 0.6 is 23.2 Å². The van der Waals surface area contributed by atoms with Crippen molar-refractivity contribution < 1.29 is 32.3 Å². The highest BCUT2D eigenvalue weighted by molar-refractivity contribution is 6.65. The third kappa shape index (κ3) is 4.59. The molecule has 6 nitrogen and oxygen atoms in total. The molecule has 0 spiro atoms. The van der Waals surface area contributed by atoms with Crippen LogP contribution in [-0.2, 0) is 19.2 Å². The third-order valence-corrected chi connectivity index (χ3v) is 4.22. The molecule has 1 amide bonds. The van der Waals surface area contributed by atoms with E-state index in [0.29, 0.717) is 6.42 Å². The predicted molar refractivity (Wildman–Crippen MR) is 90.5 cm³/mol. The second kappa shape index (κ2) is 8.59. The zero-order valence-corrected chi connectivity index (χ0v) is 15.4. The Kier molecular flexibility index (Phi) is 7.28. The first-order valence-corrected chi connectivity index (χ1v) is 7.86. The molecule has 0 aliphatic carbocycles. The zero-order valence-electron chi connectivity index (χ0n) is 13.9. The maximum absolute atomic E-state index is 13.3. The molecule has 11 heteroatoms. The van der Waals surface area contributed by atoms with E-state index >= 15 is 0 Å². The van der Waals surface area contributed by atoms with Crippen LogP contribution in [0.3, 0.4) is 0 Å². The molecule has 1 aromatic carbocycles. The molecule has 26 heavy (non-hydrogen) atoms. The van der Waals surface area contributed by atoms with Gasteiger partial charge in [0.15, 0.2) is 0 Å². The van der Waals surface area contributed by atoms with Crippen molar-refractivity contribution in [3.63, 3.8) is 0 Å². The van der Waals surface area contributed by atoms with E-state index in [1.54, 1.807) is 6.92 Å². The number of alkyl halides is 4. The quantitative estimate of drug-likeness (QED) is 0.235. The summed E-state index contributed by atoms with van der Waals surface area (Å²) in [5.74, 6) is -1.67. The molecular formula is C15H15Cl2F3N2O4. The van der Waals surface area contributed by atoms with Gasteiger partial charge in [-0.15, -0.1) is 0 Å². The number of hydrogen-bond donors (Lipinski definition) is 0. The smallest absolute Gasteiger partial charge is 0.440 e. The number of anilines is 1. The van der Waals surface area contributed by atoms with Crippen LogP contribution in [0.25, 0.3) is 0 Å². The molecule has 0 bridgehead atoms. The SMILES string of the molecule is CCC(Cl)=NOC(=O)N(C)c1ccc([C@](Cl)(C(=O)OC)C(F)(F)F)cc1. The summed E-state index contributed by atoms with van der Waals surface area (Å²) in [5.41, 5.74) is -0.385. The first kappa shape index (κ1) is 22.0. The van der Waals surface area contributed by atoms with Gasteiger partial charge in [0.2, 0.25) is 0 Å². The molecule has 144 valence electrons. The number of ether oxygens (including phenoxy) is 1. The summed E-state index contributed by atoms with van der Waals surface area (Å²) in [6, 6.07) is 4.23. The van der Waals surface area contributed by atoms with Gasteiger partial charge in [-0.1, -0.05) is 47.4 Å². The highest BCUT2D eigenvalue weighted by atomic mass is 35.5. The highest BCUT2D eigenvalue weighted by Crippen LogP contribution is 2.46. The molecule has 0 saturated heterocycles. The van der Waals surface area contributed by atoms with Crippen LogP contribution in [0.1, 0.15) is 18.9 Å². The summed E-state index contributed by atoms with van der Waals surface area (Å²) < 4.78 is 44.0. The van der Waals surface area contributed by atoms with E-state index < -0.39 is 28.7 Å². The van der Waals surface area contributed by atoms with Gasteiger partial charge >= 0.3 is 18.2 Å². The van der Waals surface area contributed by atoms with Gasteiger partial charge in [0, 0.05) is 19.2 Å². The van der Waals surface area contributed by atoms with Crippen LogP contribution < -0.4 is 4.90 Å². The van der Waals surface area contributed by atoms with Gasteiger partial charge in [-0.3, -0.25) is 9.74 Å². The summed E-state index contributed by atoms with van der Waals surface area (Å²) in [7, 11) is 2.11. The number of benzene rings is 1. The number of methoxy groups -OCH3 is 1. The van der Waals surface area contributed by atoms with E-state index in [0.717, 1.165) is 36.3 Å². The molecule has 1 atom stereocenters. The molecule has 0 saturated carbocycles. The number of halogens is 5. The molecule has 1 rings (SSSR count). The molecule has 0 aromatic heterocycles. The lowest BCUT2D eigenvalue weighted by Gasteiger charge is -2.27. The lowest BCUT2D eigenvalue weighted by Crippen LogP contribution is -2.45. The van der Waals surface area contributed by atoms with Crippen LogP contribution in [0, 0.1) is 0 Å². The van der Waals surface area contributed by atoms with Gasteiger partial charge < -0.3 is 4.74 Å². The van der Waals surface area contributed by atoms with Crippen molar-refractivity contribution >= 4 is 46.1 Å². The fraction of sp³-hybridized carbons (Fsp3) is 0.400.